The molecule has 26 heavy (non-hydrogen) atoms. The molecule has 1 aromatic carbocycles. The van der Waals surface area contributed by atoms with Crippen LogP contribution in [0.25, 0.3) is 0 Å². The number of rotatable bonds is 6. The SMILES string of the molecule is CCCCNc1nc(C)cc(C(=O)Nc2ccc(Cl)c(C(F)(F)F)c2)n1. The Hall–Kier alpha value is -2.35. The lowest BCUT2D eigenvalue weighted by Crippen LogP contribution is -2.17. The van der Waals surface area contributed by atoms with Gasteiger partial charge in [0.05, 0.1) is 10.6 Å². The van der Waals surface area contributed by atoms with Crippen molar-refractivity contribution in [1.82, 2.24) is 9.97 Å². The van der Waals surface area contributed by atoms with Gasteiger partial charge in [-0.05, 0) is 37.6 Å². The van der Waals surface area contributed by atoms with Crippen LogP contribution < -0.4 is 10.6 Å². The van der Waals surface area contributed by atoms with Gasteiger partial charge < -0.3 is 10.6 Å². The van der Waals surface area contributed by atoms with E-state index in [4.69, 9.17) is 11.6 Å². The number of halogens is 4. The van der Waals surface area contributed by atoms with E-state index in [0.29, 0.717) is 18.2 Å². The Labute approximate surface area is 154 Å². The standard InChI is InChI=1S/C17H18ClF3N4O/c1-3-4-7-22-16-23-10(2)8-14(25-16)15(26)24-11-5-6-13(18)12(9-11)17(19,20)21/h5-6,8-9H,3-4,7H2,1-2H3,(H,24,26)(H,22,23,25). The minimum absolute atomic E-state index is 0.0246. The summed E-state index contributed by atoms with van der Waals surface area (Å²) in [5, 5.41) is 4.98. The van der Waals surface area contributed by atoms with Gasteiger partial charge in [0.25, 0.3) is 5.91 Å². The van der Waals surface area contributed by atoms with Crippen LogP contribution in [0.15, 0.2) is 24.3 Å². The maximum absolute atomic E-state index is 12.9. The molecule has 1 amide bonds. The van der Waals surface area contributed by atoms with Crippen molar-refractivity contribution in [3.05, 3.63) is 46.2 Å². The van der Waals surface area contributed by atoms with Crippen molar-refractivity contribution < 1.29 is 18.0 Å². The molecule has 0 aliphatic heterocycles. The number of hydrogen-bond acceptors (Lipinski definition) is 4. The molecule has 5 nitrogen and oxygen atoms in total. The van der Waals surface area contributed by atoms with E-state index in [1.54, 1.807) is 6.92 Å². The Bertz CT molecular complexity index is 796. The molecular formula is C17H18ClF3N4O. The number of carbonyl (C=O) groups excluding carboxylic acids is 1. The summed E-state index contributed by atoms with van der Waals surface area (Å²) in [5.41, 5.74) is -0.419. The van der Waals surface area contributed by atoms with Crippen LogP contribution in [0, 0.1) is 6.92 Å². The largest absolute Gasteiger partial charge is 0.417 e. The van der Waals surface area contributed by atoms with E-state index in [0.717, 1.165) is 25.0 Å². The van der Waals surface area contributed by atoms with Crippen LogP contribution in [0.1, 0.15) is 41.5 Å². The Morgan fingerprint density at radius 1 is 1.23 bits per heavy atom. The van der Waals surface area contributed by atoms with Crippen molar-refractivity contribution >= 4 is 29.1 Å². The molecule has 0 spiro atoms. The van der Waals surface area contributed by atoms with Gasteiger partial charge in [-0.3, -0.25) is 4.79 Å². The predicted octanol–water partition coefficient (Wildman–Crippen LogP) is 4.92. The summed E-state index contributed by atoms with van der Waals surface area (Å²) >= 11 is 5.57. The quantitative estimate of drug-likeness (QED) is 0.691. The molecule has 0 saturated carbocycles. The van der Waals surface area contributed by atoms with E-state index in [2.05, 4.69) is 20.6 Å². The van der Waals surface area contributed by atoms with Crippen molar-refractivity contribution in [2.45, 2.75) is 32.9 Å². The molecule has 0 atom stereocenters. The molecule has 0 unspecified atom stereocenters. The summed E-state index contributed by atoms with van der Waals surface area (Å²) in [7, 11) is 0. The molecule has 0 aliphatic carbocycles. The van der Waals surface area contributed by atoms with Gasteiger partial charge in [-0.1, -0.05) is 24.9 Å². The Balaban J connectivity index is 2.20. The van der Waals surface area contributed by atoms with E-state index in [9.17, 15) is 18.0 Å². The van der Waals surface area contributed by atoms with Crippen molar-refractivity contribution in [2.24, 2.45) is 0 Å². The highest BCUT2D eigenvalue weighted by Crippen LogP contribution is 2.36. The van der Waals surface area contributed by atoms with Crippen LogP contribution in [0.2, 0.25) is 5.02 Å². The number of nitrogens with one attached hydrogen (secondary N) is 2. The number of carbonyl (C=O) groups is 1. The average Bonchev–Trinajstić information content (AvgIpc) is 2.55. The van der Waals surface area contributed by atoms with Gasteiger partial charge in [0, 0.05) is 17.9 Å². The topological polar surface area (TPSA) is 66.9 Å². The van der Waals surface area contributed by atoms with Gasteiger partial charge in [0.15, 0.2) is 0 Å². The van der Waals surface area contributed by atoms with E-state index >= 15 is 0 Å². The first-order chi connectivity index (χ1) is 12.2. The lowest BCUT2D eigenvalue weighted by molar-refractivity contribution is -0.137. The lowest BCUT2D eigenvalue weighted by Gasteiger charge is -2.12. The highest BCUT2D eigenvalue weighted by molar-refractivity contribution is 6.31. The Kier molecular flexibility index (Phi) is 6.42. The lowest BCUT2D eigenvalue weighted by atomic mass is 10.2. The number of benzene rings is 1. The first-order valence-corrected chi connectivity index (χ1v) is 8.36. The normalized spacial score (nSPS) is 11.3. The zero-order valence-electron chi connectivity index (χ0n) is 14.2. The van der Waals surface area contributed by atoms with Gasteiger partial charge >= 0.3 is 6.18 Å². The van der Waals surface area contributed by atoms with Crippen LogP contribution in [0.5, 0.6) is 0 Å². The first kappa shape index (κ1) is 20.0. The van der Waals surface area contributed by atoms with E-state index in [1.165, 1.54) is 12.1 Å². The van der Waals surface area contributed by atoms with Crippen molar-refractivity contribution in [3.8, 4) is 0 Å². The fraction of sp³-hybridized carbons (Fsp3) is 0.353. The maximum atomic E-state index is 12.9. The minimum atomic E-state index is -4.61. The zero-order chi connectivity index (χ0) is 19.3. The van der Waals surface area contributed by atoms with E-state index in [-0.39, 0.29) is 11.4 Å². The summed E-state index contributed by atoms with van der Waals surface area (Å²) in [6.45, 7) is 4.40. The van der Waals surface area contributed by atoms with Crippen molar-refractivity contribution in [2.75, 3.05) is 17.2 Å². The third-order valence-corrected chi connectivity index (χ3v) is 3.76. The van der Waals surface area contributed by atoms with Gasteiger partial charge in [0.2, 0.25) is 5.95 Å². The molecule has 0 bridgehead atoms. The van der Waals surface area contributed by atoms with E-state index < -0.39 is 22.7 Å². The van der Waals surface area contributed by atoms with Crippen LogP contribution in [0.4, 0.5) is 24.8 Å². The third-order valence-electron chi connectivity index (χ3n) is 3.43. The van der Waals surface area contributed by atoms with Crippen molar-refractivity contribution in [1.29, 1.82) is 0 Å². The summed E-state index contributed by atoms with van der Waals surface area (Å²) in [6.07, 6.45) is -2.70. The fourth-order valence-electron chi connectivity index (χ4n) is 2.16. The number of aromatic nitrogens is 2. The molecule has 0 fully saturated rings. The predicted molar refractivity (Wildman–Crippen MR) is 94.6 cm³/mol. The summed E-state index contributed by atoms with van der Waals surface area (Å²) in [6, 6.07) is 4.63. The number of hydrogen-bond donors (Lipinski definition) is 2. The first-order valence-electron chi connectivity index (χ1n) is 7.98. The number of aryl methyl sites for hydroxylation is 1. The highest BCUT2D eigenvalue weighted by atomic mass is 35.5. The average molecular weight is 387 g/mol. The van der Waals surface area contributed by atoms with Gasteiger partial charge in [-0.25, -0.2) is 9.97 Å². The summed E-state index contributed by atoms with van der Waals surface area (Å²) in [5.74, 6) is -0.333. The molecule has 0 aliphatic rings. The molecule has 1 heterocycles. The maximum Gasteiger partial charge on any atom is 0.417 e. The van der Waals surface area contributed by atoms with Crippen LogP contribution in [-0.4, -0.2) is 22.4 Å². The monoisotopic (exact) mass is 386 g/mol. The Morgan fingerprint density at radius 2 is 1.96 bits per heavy atom. The van der Waals surface area contributed by atoms with Crippen molar-refractivity contribution in [3.63, 3.8) is 0 Å². The van der Waals surface area contributed by atoms with Gasteiger partial charge in [0.1, 0.15) is 5.69 Å². The molecule has 2 N–H and O–H groups in total. The van der Waals surface area contributed by atoms with E-state index in [1.807, 2.05) is 6.92 Å². The number of nitrogens with zero attached hydrogens (tertiary/aromatic N) is 2. The molecular weight excluding hydrogens is 369 g/mol. The smallest absolute Gasteiger partial charge is 0.354 e. The molecule has 1 aromatic heterocycles. The second-order valence-corrected chi connectivity index (χ2v) is 6.05. The van der Waals surface area contributed by atoms with Crippen LogP contribution in [0.3, 0.4) is 0 Å². The molecule has 0 radical (unpaired) electrons. The number of alkyl halides is 3. The van der Waals surface area contributed by atoms with Crippen LogP contribution in [-0.2, 0) is 6.18 Å². The summed E-state index contributed by atoms with van der Waals surface area (Å²) in [4.78, 5) is 20.6. The molecule has 2 rings (SSSR count). The van der Waals surface area contributed by atoms with Gasteiger partial charge in [-0.15, -0.1) is 0 Å². The van der Waals surface area contributed by atoms with Gasteiger partial charge in [-0.2, -0.15) is 13.2 Å². The number of amides is 1. The molecule has 9 heteroatoms. The minimum Gasteiger partial charge on any atom is -0.354 e. The Morgan fingerprint density at radius 3 is 2.62 bits per heavy atom. The number of unbranched alkanes of at least 4 members (excludes halogenated alkanes) is 1. The second-order valence-electron chi connectivity index (χ2n) is 5.65. The summed E-state index contributed by atoms with van der Waals surface area (Å²) < 4.78 is 38.7. The molecule has 0 saturated heterocycles. The second kappa shape index (κ2) is 8.35. The molecule has 140 valence electrons. The zero-order valence-corrected chi connectivity index (χ0v) is 15.0. The molecule has 2 aromatic rings. The number of anilines is 2. The highest BCUT2D eigenvalue weighted by Gasteiger charge is 2.33. The van der Waals surface area contributed by atoms with Crippen LogP contribution >= 0.6 is 11.6 Å². The fourth-order valence-corrected chi connectivity index (χ4v) is 2.38. The third kappa shape index (κ3) is 5.32.